The van der Waals surface area contributed by atoms with Crippen LogP contribution in [0.25, 0.3) is 5.57 Å². The summed E-state index contributed by atoms with van der Waals surface area (Å²) in [5.41, 5.74) is 2.52. The van der Waals surface area contributed by atoms with Crippen molar-refractivity contribution in [2.45, 2.75) is 26.7 Å². The van der Waals surface area contributed by atoms with Crippen LogP contribution >= 0.6 is 11.6 Å². The molecule has 2 aliphatic heterocycles. The number of piperidine rings is 1. The molecular formula is C23H22ClFN2O2. The van der Waals surface area contributed by atoms with Crippen molar-refractivity contribution in [2.75, 3.05) is 18.0 Å². The number of likely N-dealkylation sites (tertiary alicyclic amines) is 1. The zero-order valence-electron chi connectivity index (χ0n) is 16.4. The van der Waals surface area contributed by atoms with Crippen LogP contribution in [0.4, 0.5) is 10.1 Å². The van der Waals surface area contributed by atoms with Gasteiger partial charge in [0.1, 0.15) is 11.5 Å². The van der Waals surface area contributed by atoms with Crippen LogP contribution < -0.4 is 4.90 Å². The first-order valence-electron chi connectivity index (χ1n) is 9.77. The molecule has 0 N–H and O–H groups in total. The fourth-order valence-electron chi connectivity index (χ4n) is 3.96. The molecule has 0 aromatic heterocycles. The van der Waals surface area contributed by atoms with Crippen molar-refractivity contribution in [3.63, 3.8) is 0 Å². The molecule has 0 atom stereocenters. The van der Waals surface area contributed by atoms with Gasteiger partial charge in [0.05, 0.1) is 11.3 Å². The molecule has 6 heteroatoms. The number of aryl methyl sites for hydroxylation is 1. The summed E-state index contributed by atoms with van der Waals surface area (Å²) >= 11 is 6.15. The summed E-state index contributed by atoms with van der Waals surface area (Å²) in [4.78, 5) is 30.2. The fourth-order valence-corrected chi connectivity index (χ4v) is 4.13. The number of nitrogens with zero attached hydrogens (tertiary/aromatic N) is 2. The first-order chi connectivity index (χ1) is 13.9. The van der Waals surface area contributed by atoms with E-state index in [2.05, 4.69) is 6.92 Å². The summed E-state index contributed by atoms with van der Waals surface area (Å²) in [6.45, 7) is 5.45. The molecule has 0 unspecified atom stereocenters. The molecule has 1 fully saturated rings. The van der Waals surface area contributed by atoms with Crippen molar-refractivity contribution in [1.29, 1.82) is 0 Å². The predicted molar refractivity (Wildman–Crippen MR) is 112 cm³/mol. The quantitative estimate of drug-likeness (QED) is 0.679. The Morgan fingerprint density at radius 2 is 1.66 bits per heavy atom. The van der Waals surface area contributed by atoms with Gasteiger partial charge in [-0.2, -0.15) is 0 Å². The smallest absolute Gasteiger partial charge is 0.282 e. The average molecular weight is 413 g/mol. The molecule has 0 saturated carbocycles. The molecule has 0 aliphatic carbocycles. The Labute approximate surface area is 174 Å². The SMILES string of the molecule is Cc1ccc(Cl)cc1N1C(=O)C(c2ccc(F)cc2)=C(N2CCC(C)CC2)C1=O. The van der Waals surface area contributed by atoms with Crippen LogP contribution in [0.5, 0.6) is 0 Å². The minimum atomic E-state index is -0.402. The molecule has 150 valence electrons. The van der Waals surface area contributed by atoms with E-state index in [0.717, 1.165) is 18.4 Å². The molecule has 0 spiro atoms. The van der Waals surface area contributed by atoms with Gasteiger partial charge in [0.15, 0.2) is 0 Å². The summed E-state index contributed by atoms with van der Waals surface area (Å²) in [5, 5.41) is 0.453. The summed E-state index contributed by atoms with van der Waals surface area (Å²) in [7, 11) is 0. The van der Waals surface area contributed by atoms with Gasteiger partial charge < -0.3 is 4.90 Å². The zero-order valence-corrected chi connectivity index (χ0v) is 17.2. The van der Waals surface area contributed by atoms with Crippen LogP contribution in [-0.2, 0) is 9.59 Å². The molecule has 2 heterocycles. The van der Waals surface area contributed by atoms with Crippen LogP contribution in [0.3, 0.4) is 0 Å². The summed E-state index contributed by atoms with van der Waals surface area (Å²) in [6.07, 6.45) is 1.91. The third-order valence-electron chi connectivity index (χ3n) is 5.70. The summed E-state index contributed by atoms with van der Waals surface area (Å²) < 4.78 is 13.5. The third kappa shape index (κ3) is 3.55. The van der Waals surface area contributed by atoms with Crippen molar-refractivity contribution < 1.29 is 14.0 Å². The lowest BCUT2D eigenvalue weighted by atomic mass is 9.97. The lowest BCUT2D eigenvalue weighted by molar-refractivity contribution is -0.120. The highest BCUT2D eigenvalue weighted by Crippen LogP contribution is 2.38. The Balaban J connectivity index is 1.83. The Morgan fingerprint density at radius 1 is 1.00 bits per heavy atom. The van der Waals surface area contributed by atoms with E-state index < -0.39 is 5.91 Å². The first kappa shape index (κ1) is 19.6. The number of benzene rings is 2. The highest BCUT2D eigenvalue weighted by Gasteiger charge is 2.43. The van der Waals surface area contributed by atoms with Crippen LogP contribution in [0.2, 0.25) is 5.02 Å². The van der Waals surface area contributed by atoms with Crippen LogP contribution in [0, 0.1) is 18.7 Å². The van der Waals surface area contributed by atoms with Crippen LogP contribution in [0.15, 0.2) is 48.2 Å². The van der Waals surface area contributed by atoms with E-state index in [9.17, 15) is 14.0 Å². The molecule has 4 rings (SSSR count). The van der Waals surface area contributed by atoms with Gasteiger partial charge in [-0.1, -0.05) is 36.7 Å². The maximum Gasteiger partial charge on any atom is 0.282 e. The standard InChI is InChI=1S/C23H22ClFN2O2/c1-14-9-11-26(12-10-14)21-20(16-4-7-18(25)8-5-16)22(28)27(23(21)29)19-13-17(24)6-3-15(19)2/h3-8,13-14H,9-12H2,1-2H3. The number of rotatable bonds is 3. The summed E-state index contributed by atoms with van der Waals surface area (Å²) in [5.74, 6) is -0.559. The maximum absolute atomic E-state index is 13.5. The number of amides is 2. The predicted octanol–water partition coefficient (Wildman–Crippen LogP) is 4.80. The van der Waals surface area contributed by atoms with E-state index in [4.69, 9.17) is 11.6 Å². The van der Waals surface area contributed by atoms with Gasteiger partial charge in [-0.3, -0.25) is 9.59 Å². The van der Waals surface area contributed by atoms with Crippen molar-refractivity contribution >= 4 is 34.7 Å². The van der Waals surface area contributed by atoms with Gasteiger partial charge in [0, 0.05) is 18.1 Å². The second-order valence-electron chi connectivity index (χ2n) is 7.78. The molecule has 29 heavy (non-hydrogen) atoms. The van der Waals surface area contributed by atoms with Crippen molar-refractivity contribution in [1.82, 2.24) is 4.90 Å². The number of carbonyl (C=O) groups excluding carboxylic acids is 2. The van der Waals surface area contributed by atoms with Gasteiger partial charge in [-0.05, 0) is 61.1 Å². The Kier molecular flexibility index (Phi) is 5.17. The van der Waals surface area contributed by atoms with Gasteiger partial charge in [-0.15, -0.1) is 0 Å². The van der Waals surface area contributed by atoms with Crippen LogP contribution in [0.1, 0.15) is 30.9 Å². The van der Waals surface area contributed by atoms with E-state index in [-0.39, 0.29) is 11.7 Å². The third-order valence-corrected chi connectivity index (χ3v) is 5.94. The normalized spacial score (nSPS) is 18.2. The number of anilines is 1. The molecule has 4 nitrogen and oxygen atoms in total. The summed E-state index contributed by atoms with van der Waals surface area (Å²) in [6, 6.07) is 10.9. The van der Waals surface area contributed by atoms with E-state index in [1.807, 2.05) is 11.8 Å². The highest BCUT2D eigenvalue weighted by atomic mass is 35.5. The van der Waals surface area contributed by atoms with E-state index >= 15 is 0 Å². The van der Waals surface area contributed by atoms with Crippen molar-refractivity contribution in [2.24, 2.45) is 5.92 Å². The fraction of sp³-hybridized carbons (Fsp3) is 0.304. The second kappa shape index (κ2) is 7.64. The average Bonchev–Trinajstić information content (AvgIpc) is 2.95. The molecule has 1 saturated heterocycles. The van der Waals surface area contributed by atoms with E-state index in [1.54, 1.807) is 30.3 Å². The molecule has 0 bridgehead atoms. The van der Waals surface area contributed by atoms with Gasteiger partial charge in [0.2, 0.25) is 0 Å². The van der Waals surface area contributed by atoms with Gasteiger partial charge in [-0.25, -0.2) is 9.29 Å². The molecular weight excluding hydrogens is 391 g/mol. The molecule has 2 aromatic carbocycles. The number of hydrogen-bond donors (Lipinski definition) is 0. The zero-order chi connectivity index (χ0) is 20.7. The van der Waals surface area contributed by atoms with E-state index in [1.165, 1.54) is 17.0 Å². The minimum absolute atomic E-state index is 0.323. The molecule has 0 radical (unpaired) electrons. The van der Waals surface area contributed by atoms with Crippen molar-refractivity contribution in [3.8, 4) is 0 Å². The number of hydrogen-bond acceptors (Lipinski definition) is 3. The monoisotopic (exact) mass is 412 g/mol. The maximum atomic E-state index is 13.5. The van der Waals surface area contributed by atoms with Crippen molar-refractivity contribution in [3.05, 3.63) is 70.1 Å². The topological polar surface area (TPSA) is 40.6 Å². The highest BCUT2D eigenvalue weighted by molar-refractivity contribution is 6.45. The second-order valence-corrected chi connectivity index (χ2v) is 8.21. The Bertz CT molecular complexity index is 1010. The molecule has 2 amide bonds. The largest absolute Gasteiger partial charge is 0.366 e. The first-order valence-corrected chi connectivity index (χ1v) is 10.1. The van der Waals surface area contributed by atoms with Crippen LogP contribution in [-0.4, -0.2) is 29.8 Å². The molecule has 2 aromatic rings. The lowest BCUT2D eigenvalue weighted by Gasteiger charge is -2.32. The number of carbonyl (C=O) groups is 2. The van der Waals surface area contributed by atoms with E-state index in [0.29, 0.717) is 46.6 Å². The number of imide groups is 1. The van der Waals surface area contributed by atoms with Gasteiger partial charge in [0.25, 0.3) is 11.8 Å². The Morgan fingerprint density at radius 3 is 2.31 bits per heavy atom. The molecule has 2 aliphatic rings. The lowest BCUT2D eigenvalue weighted by Crippen LogP contribution is -2.38. The van der Waals surface area contributed by atoms with Gasteiger partial charge >= 0.3 is 0 Å². The number of halogens is 2. The Hall–Kier alpha value is -2.66. The minimum Gasteiger partial charge on any atom is -0.366 e.